The predicted octanol–water partition coefficient (Wildman–Crippen LogP) is 2.84. The van der Waals surface area contributed by atoms with Gasteiger partial charge in [-0.1, -0.05) is 23.4 Å². The number of alkyl halides is 3. The van der Waals surface area contributed by atoms with Crippen LogP contribution in [-0.2, 0) is 6.18 Å². The van der Waals surface area contributed by atoms with Gasteiger partial charge in [-0.15, -0.1) is 10.2 Å². The van der Waals surface area contributed by atoms with Crippen LogP contribution in [0, 0.1) is 0 Å². The molecule has 114 valence electrons. The van der Waals surface area contributed by atoms with Crippen molar-refractivity contribution in [3.8, 4) is 5.75 Å². The van der Waals surface area contributed by atoms with Gasteiger partial charge in [0.05, 0.1) is 6.61 Å². The first-order chi connectivity index (χ1) is 9.88. The van der Waals surface area contributed by atoms with Gasteiger partial charge >= 0.3 is 6.18 Å². The molecule has 0 spiro atoms. The monoisotopic (exact) mass is 338 g/mol. The number of aromatic nitrogens is 3. The van der Waals surface area contributed by atoms with Crippen molar-refractivity contribution < 1.29 is 17.9 Å². The van der Waals surface area contributed by atoms with E-state index in [0.717, 1.165) is 11.8 Å². The Labute approximate surface area is 127 Å². The van der Waals surface area contributed by atoms with Crippen molar-refractivity contribution in [3.63, 3.8) is 0 Å². The minimum atomic E-state index is -4.62. The quantitative estimate of drug-likeness (QED) is 0.516. The molecule has 2 N–H and O–H groups in total. The number of benzene rings is 1. The Balaban J connectivity index is 1.84. The van der Waals surface area contributed by atoms with Crippen LogP contribution >= 0.6 is 23.4 Å². The van der Waals surface area contributed by atoms with E-state index in [0.29, 0.717) is 21.2 Å². The minimum absolute atomic E-state index is 0.0259. The number of nitrogens with zero attached hydrogens (tertiary/aromatic N) is 3. The summed E-state index contributed by atoms with van der Waals surface area (Å²) in [6.07, 6.45) is -4.62. The van der Waals surface area contributed by atoms with Gasteiger partial charge in [0.15, 0.2) is 0 Å². The number of halogens is 4. The van der Waals surface area contributed by atoms with Gasteiger partial charge in [-0.2, -0.15) is 13.2 Å². The SMILES string of the molecule is Nn1c(SCCOc2ccc(Cl)cc2)nnc1C(F)(F)F. The van der Waals surface area contributed by atoms with E-state index in [-0.39, 0.29) is 11.8 Å². The number of thioether (sulfide) groups is 1. The lowest BCUT2D eigenvalue weighted by molar-refractivity contribution is -0.146. The molecule has 10 heteroatoms. The molecule has 2 aromatic rings. The number of nitrogens with two attached hydrogens (primary N) is 1. The third-order valence-electron chi connectivity index (χ3n) is 2.31. The van der Waals surface area contributed by atoms with E-state index in [4.69, 9.17) is 22.2 Å². The van der Waals surface area contributed by atoms with E-state index in [2.05, 4.69) is 10.2 Å². The minimum Gasteiger partial charge on any atom is -0.493 e. The van der Waals surface area contributed by atoms with Crippen molar-refractivity contribution >= 4 is 23.4 Å². The van der Waals surface area contributed by atoms with Gasteiger partial charge in [0.1, 0.15) is 5.75 Å². The Bertz CT molecular complexity index is 603. The third-order valence-corrected chi connectivity index (χ3v) is 3.47. The fourth-order valence-electron chi connectivity index (χ4n) is 1.39. The Morgan fingerprint density at radius 2 is 1.90 bits per heavy atom. The van der Waals surface area contributed by atoms with Gasteiger partial charge < -0.3 is 10.6 Å². The molecule has 21 heavy (non-hydrogen) atoms. The summed E-state index contributed by atoms with van der Waals surface area (Å²) in [4.78, 5) is 0. The van der Waals surface area contributed by atoms with E-state index >= 15 is 0 Å². The maximum atomic E-state index is 12.5. The fourth-order valence-corrected chi connectivity index (χ4v) is 2.19. The number of hydrogen-bond donors (Lipinski definition) is 1. The van der Waals surface area contributed by atoms with Crippen LogP contribution in [-0.4, -0.2) is 27.2 Å². The van der Waals surface area contributed by atoms with E-state index in [1.165, 1.54) is 0 Å². The molecule has 0 aliphatic heterocycles. The van der Waals surface area contributed by atoms with Gasteiger partial charge in [0.2, 0.25) is 5.16 Å². The van der Waals surface area contributed by atoms with Crippen molar-refractivity contribution in [1.29, 1.82) is 0 Å². The highest BCUT2D eigenvalue weighted by Crippen LogP contribution is 2.28. The highest BCUT2D eigenvalue weighted by molar-refractivity contribution is 7.99. The maximum Gasteiger partial charge on any atom is 0.453 e. The topological polar surface area (TPSA) is 66.0 Å². The van der Waals surface area contributed by atoms with Crippen LogP contribution < -0.4 is 10.6 Å². The molecule has 0 atom stereocenters. The molecule has 0 saturated carbocycles. The zero-order valence-electron chi connectivity index (χ0n) is 10.5. The molecular formula is C11H10ClF3N4OS. The van der Waals surface area contributed by atoms with Crippen LogP contribution in [0.5, 0.6) is 5.75 Å². The standard InChI is InChI=1S/C11H10ClF3N4OS/c12-7-1-3-8(4-2-7)20-5-6-21-10-18-17-9(19(10)16)11(13,14)15/h1-4H,5-6,16H2. The first-order valence-electron chi connectivity index (χ1n) is 5.67. The van der Waals surface area contributed by atoms with Gasteiger partial charge in [0.25, 0.3) is 5.82 Å². The molecule has 5 nitrogen and oxygen atoms in total. The lowest BCUT2D eigenvalue weighted by atomic mass is 10.3. The summed E-state index contributed by atoms with van der Waals surface area (Å²) in [5, 5.41) is 6.98. The second-order valence-electron chi connectivity index (χ2n) is 3.82. The van der Waals surface area contributed by atoms with Crippen molar-refractivity contribution in [2.45, 2.75) is 11.3 Å². The fraction of sp³-hybridized carbons (Fsp3) is 0.273. The molecule has 0 saturated heterocycles. The van der Waals surface area contributed by atoms with Crippen LogP contribution in [0.1, 0.15) is 5.82 Å². The molecule has 1 aromatic carbocycles. The zero-order chi connectivity index (χ0) is 15.5. The third kappa shape index (κ3) is 4.18. The van der Waals surface area contributed by atoms with Crippen molar-refractivity contribution in [1.82, 2.24) is 14.9 Å². The summed E-state index contributed by atoms with van der Waals surface area (Å²) in [6, 6.07) is 6.74. The molecular weight excluding hydrogens is 329 g/mol. The lowest BCUT2D eigenvalue weighted by Crippen LogP contribution is -2.21. The molecule has 0 amide bonds. The van der Waals surface area contributed by atoms with E-state index < -0.39 is 12.0 Å². The van der Waals surface area contributed by atoms with E-state index in [9.17, 15) is 13.2 Å². The number of nitrogen functional groups attached to an aromatic ring is 1. The first-order valence-corrected chi connectivity index (χ1v) is 7.03. The second kappa shape index (κ2) is 6.44. The van der Waals surface area contributed by atoms with Crippen molar-refractivity contribution in [3.05, 3.63) is 35.1 Å². The number of hydrogen-bond acceptors (Lipinski definition) is 5. The Morgan fingerprint density at radius 1 is 1.24 bits per heavy atom. The first kappa shape index (κ1) is 15.8. The van der Waals surface area contributed by atoms with Crippen LogP contribution in [0.3, 0.4) is 0 Å². The van der Waals surface area contributed by atoms with Gasteiger partial charge in [-0.05, 0) is 24.3 Å². The average molecular weight is 339 g/mol. The summed E-state index contributed by atoms with van der Waals surface area (Å²) < 4.78 is 43.2. The Morgan fingerprint density at radius 3 is 2.48 bits per heavy atom. The Hall–Kier alpha value is -1.61. The Kier molecular flexibility index (Phi) is 4.84. The normalized spacial score (nSPS) is 11.6. The number of ether oxygens (including phenoxy) is 1. The summed E-state index contributed by atoms with van der Waals surface area (Å²) in [6.45, 7) is 0.278. The maximum absolute atomic E-state index is 12.5. The summed E-state index contributed by atoms with van der Waals surface area (Å²) in [5.74, 6) is 5.05. The summed E-state index contributed by atoms with van der Waals surface area (Å²) >= 11 is 6.75. The van der Waals surface area contributed by atoms with Crippen LogP contribution in [0.25, 0.3) is 0 Å². The molecule has 0 bridgehead atoms. The molecule has 0 aliphatic rings. The zero-order valence-corrected chi connectivity index (χ0v) is 12.0. The van der Waals surface area contributed by atoms with Crippen LogP contribution in [0.15, 0.2) is 29.4 Å². The molecule has 0 aliphatic carbocycles. The lowest BCUT2D eigenvalue weighted by Gasteiger charge is -2.07. The summed E-state index contributed by atoms with van der Waals surface area (Å²) in [5.41, 5.74) is 0. The summed E-state index contributed by atoms with van der Waals surface area (Å²) in [7, 11) is 0. The average Bonchev–Trinajstić information content (AvgIpc) is 2.78. The second-order valence-corrected chi connectivity index (χ2v) is 5.32. The molecule has 0 unspecified atom stereocenters. The highest BCUT2D eigenvalue weighted by Gasteiger charge is 2.38. The molecule has 1 aromatic heterocycles. The highest BCUT2D eigenvalue weighted by atomic mass is 35.5. The van der Waals surface area contributed by atoms with Gasteiger partial charge in [0, 0.05) is 10.8 Å². The molecule has 0 fully saturated rings. The van der Waals surface area contributed by atoms with Crippen molar-refractivity contribution in [2.75, 3.05) is 18.2 Å². The van der Waals surface area contributed by atoms with Crippen molar-refractivity contribution in [2.24, 2.45) is 0 Å². The van der Waals surface area contributed by atoms with Gasteiger partial charge in [-0.25, -0.2) is 4.68 Å². The molecule has 2 rings (SSSR count). The van der Waals surface area contributed by atoms with Gasteiger partial charge in [-0.3, -0.25) is 0 Å². The predicted molar refractivity (Wildman–Crippen MR) is 72.8 cm³/mol. The van der Waals surface area contributed by atoms with E-state index in [1.54, 1.807) is 24.3 Å². The smallest absolute Gasteiger partial charge is 0.453 e. The number of rotatable bonds is 5. The largest absolute Gasteiger partial charge is 0.493 e. The molecule has 0 radical (unpaired) electrons. The van der Waals surface area contributed by atoms with E-state index in [1.807, 2.05) is 0 Å². The van der Waals surface area contributed by atoms with Crippen LogP contribution in [0.4, 0.5) is 13.2 Å². The molecule has 1 heterocycles. The van der Waals surface area contributed by atoms with Crippen LogP contribution in [0.2, 0.25) is 5.02 Å².